The van der Waals surface area contributed by atoms with Crippen LogP contribution in [0.1, 0.15) is 53.2 Å². The Balaban J connectivity index is 0.00000385. The first-order chi connectivity index (χ1) is 15.2. The van der Waals surface area contributed by atoms with Crippen molar-refractivity contribution in [3.63, 3.8) is 0 Å². The van der Waals surface area contributed by atoms with E-state index in [1.807, 2.05) is 20.8 Å². The number of aliphatic hydroxyl groups excluding tert-OH is 1. The molecule has 1 atom stereocenters. The zero-order valence-electron chi connectivity index (χ0n) is 18.5. The van der Waals surface area contributed by atoms with Crippen molar-refractivity contribution in [3.05, 3.63) is 83.9 Å². The van der Waals surface area contributed by atoms with Gasteiger partial charge in [-0.25, -0.2) is 9.59 Å². The average Bonchev–Trinajstić information content (AvgIpc) is 2.79. The number of carbonyl (C=O) groups is 2. The number of aliphatic hydroxyl groups is 1. The molecule has 0 aliphatic rings. The first kappa shape index (κ1) is 25.9. The van der Waals surface area contributed by atoms with Gasteiger partial charge in [-0.15, -0.1) is 12.4 Å². The first-order valence-electron chi connectivity index (χ1n) is 10.0. The van der Waals surface area contributed by atoms with E-state index in [4.69, 9.17) is 9.47 Å². The maximum atomic E-state index is 12.6. The summed E-state index contributed by atoms with van der Waals surface area (Å²) in [6, 6.07) is 10.9. The minimum Gasteiger partial charge on any atom is -0.419 e. The number of β-amino-alcohol motifs (C(OH)–C–C–N with tert-alkyl or cyclic N) is 1. The second-order valence-electron chi connectivity index (χ2n) is 8.12. The normalized spacial score (nSPS) is 11.8. The van der Waals surface area contributed by atoms with Crippen molar-refractivity contribution >= 4 is 24.3 Å². The second kappa shape index (κ2) is 11.5. The van der Waals surface area contributed by atoms with Gasteiger partial charge in [0.15, 0.2) is 11.5 Å². The lowest BCUT2D eigenvalue weighted by Gasteiger charge is -2.23. The Hall–Kier alpha value is -3.33. The fourth-order valence-corrected chi connectivity index (χ4v) is 2.70. The van der Waals surface area contributed by atoms with E-state index in [0.29, 0.717) is 5.56 Å². The zero-order valence-corrected chi connectivity index (χ0v) is 19.3. The van der Waals surface area contributed by atoms with Crippen LogP contribution in [0.5, 0.6) is 11.5 Å². The van der Waals surface area contributed by atoms with E-state index in [0.717, 1.165) is 0 Å². The van der Waals surface area contributed by atoms with Crippen LogP contribution >= 0.6 is 12.4 Å². The molecule has 8 nitrogen and oxygen atoms in total. The lowest BCUT2D eigenvalue weighted by Crippen LogP contribution is -2.38. The third kappa shape index (κ3) is 7.64. The fraction of sp³-hybridized carbons (Fsp3) is 0.250. The minimum atomic E-state index is -0.867. The summed E-state index contributed by atoms with van der Waals surface area (Å²) >= 11 is 0. The molecule has 0 saturated heterocycles. The lowest BCUT2D eigenvalue weighted by molar-refractivity contribution is 0.0681. The Morgan fingerprint density at radius 1 is 0.939 bits per heavy atom. The highest BCUT2D eigenvalue weighted by atomic mass is 35.5. The van der Waals surface area contributed by atoms with Crippen LogP contribution in [0.2, 0.25) is 0 Å². The second-order valence-corrected chi connectivity index (χ2v) is 8.12. The fourth-order valence-electron chi connectivity index (χ4n) is 2.70. The minimum absolute atomic E-state index is 0. The number of nitrogens with zero attached hydrogens (tertiary/aromatic N) is 2. The van der Waals surface area contributed by atoms with Gasteiger partial charge >= 0.3 is 11.9 Å². The largest absolute Gasteiger partial charge is 0.419 e. The molecule has 0 spiro atoms. The average molecular weight is 472 g/mol. The van der Waals surface area contributed by atoms with Crippen LogP contribution in [0, 0.1) is 0 Å². The van der Waals surface area contributed by atoms with Crippen molar-refractivity contribution < 1.29 is 24.2 Å². The molecule has 0 aliphatic carbocycles. The van der Waals surface area contributed by atoms with Gasteiger partial charge in [-0.3, -0.25) is 9.97 Å². The smallest absolute Gasteiger partial charge is 0.345 e. The molecule has 1 aromatic carbocycles. The molecule has 2 heterocycles. The van der Waals surface area contributed by atoms with Crippen molar-refractivity contribution in [2.24, 2.45) is 0 Å². The van der Waals surface area contributed by atoms with E-state index >= 15 is 0 Å². The summed E-state index contributed by atoms with van der Waals surface area (Å²) in [5, 5.41) is 13.8. The van der Waals surface area contributed by atoms with Gasteiger partial charge < -0.3 is 19.9 Å². The standard InChI is InChI=1S/C24H25N3O5.ClH/c1-24(2,3)27-15-19(28)16-8-9-20(31-22(29)17-6-4-10-25-13-17)21(12-16)32-23(30)18-7-5-11-26-14-18;/h4-14,19,27-28H,15H2,1-3H3;1H. The third-order valence-electron chi connectivity index (χ3n) is 4.38. The summed E-state index contributed by atoms with van der Waals surface area (Å²) in [7, 11) is 0. The Morgan fingerprint density at radius 3 is 1.97 bits per heavy atom. The molecular weight excluding hydrogens is 446 g/mol. The molecule has 3 aromatic rings. The van der Waals surface area contributed by atoms with Gasteiger partial charge in [-0.1, -0.05) is 6.07 Å². The van der Waals surface area contributed by atoms with Crippen LogP contribution in [-0.2, 0) is 0 Å². The molecule has 3 rings (SSSR count). The SMILES string of the molecule is CC(C)(C)NCC(O)c1ccc(OC(=O)c2cccnc2)c(OC(=O)c2cccnc2)c1.Cl. The number of esters is 2. The van der Waals surface area contributed by atoms with Crippen LogP contribution in [0.25, 0.3) is 0 Å². The number of hydrogen-bond acceptors (Lipinski definition) is 8. The Labute approximate surface area is 198 Å². The number of carbonyl (C=O) groups excluding carboxylic acids is 2. The molecule has 0 bridgehead atoms. The molecular formula is C24H26ClN3O5. The summed E-state index contributed by atoms with van der Waals surface area (Å²) in [4.78, 5) is 32.9. The molecule has 1 unspecified atom stereocenters. The summed E-state index contributed by atoms with van der Waals surface area (Å²) in [6.45, 7) is 6.25. The summed E-state index contributed by atoms with van der Waals surface area (Å²) in [5.74, 6) is -1.28. The van der Waals surface area contributed by atoms with Crippen LogP contribution < -0.4 is 14.8 Å². The predicted molar refractivity (Wildman–Crippen MR) is 125 cm³/mol. The van der Waals surface area contributed by atoms with Crippen LogP contribution in [0.4, 0.5) is 0 Å². The van der Waals surface area contributed by atoms with Crippen molar-refractivity contribution in [2.75, 3.05) is 6.54 Å². The lowest BCUT2D eigenvalue weighted by atomic mass is 10.1. The van der Waals surface area contributed by atoms with E-state index in [1.165, 1.54) is 30.7 Å². The van der Waals surface area contributed by atoms with Crippen molar-refractivity contribution in [1.29, 1.82) is 0 Å². The number of halogens is 1. The number of nitrogens with one attached hydrogen (secondary N) is 1. The number of pyridine rings is 2. The Morgan fingerprint density at radius 2 is 1.48 bits per heavy atom. The van der Waals surface area contributed by atoms with E-state index < -0.39 is 18.0 Å². The Kier molecular flexibility index (Phi) is 9.04. The van der Waals surface area contributed by atoms with Gasteiger partial charge in [0.05, 0.1) is 17.2 Å². The van der Waals surface area contributed by atoms with Gasteiger partial charge in [-0.05, 0) is 62.7 Å². The molecule has 9 heteroatoms. The highest BCUT2D eigenvalue weighted by Gasteiger charge is 2.20. The predicted octanol–water partition coefficient (Wildman–Crippen LogP) is 3.76. The van der Waals surface area contributed by atoms with E-state index in [-0.39, 0.29) is 47.1 Å². The molecule has 33 heavy (non-hydrogen) atoms. The maximum absolute atomic E-state index is 12.6. The highest BCUT2D eigenvalue weighted by molar-refractivity contribution is 5.92. The highest BCUT2D eigenvalue weighted by Crippen LogP contribution is 2.32. The van der Waals surface area contributed by atoms with Crippen LogP contribution in [0.15, 0.2) is 67.3 Å². The van der Waals surface area contributed by atoms with Crippen LogP contribution in [0.3, 0.4) is 0 Å². The van der Waals surface area contributed by atoms with Crippen molar-refractivity contribution in [3.8, 4) is 11.5 Å². The molecule has 174 valence electrons. The number of ether oxygens (including phenoxy) is 2. The van der Waals surface area contributed by atoms with E-state index in [1.54, 1.807) is 36.5 Å². The summed E-state index contributed by atoms with van der Waals surface area (Å²) < 4.78 is 10.9. The number of hydrogen-bond donors (Lipinski definition) is 2. The van der Waals surface area contributed by atoms with E-state index in [2.05, 4.69) is 15.3 Å². The molecule has 0 radical (unpaired) electrons. The van der Waals surface area contributed by atoms with Gasteiger partial charge in [0.1, 0.15) is 0 Å². The van der Waals surface area contributed by atoms with Crippen molar-refractivity contribution in [1.82, 2.24) is 15.3 Å². The molecule has 0 aliphatic heterocycles. The summed E-state index contributed by atoms with van der Waals surface area (Å²) in [6.07, 6.45) is 4.96. The number of benzene rings is 1. The first-order valence-corrected chi connectivity index (χ1v) is 10.0. The van der Waals surface area contributed by atoms with E-state index in [9.17, 15) is 14.7 Å². The zero-order chi connectivity index (χ0) is 23.1. The van der Waals surface area contributed by atoms with Crippen LogP contribution in [-0.4, -0.2) is 39.1 Å². The van der Waals surface area contributed by atoms with Gasteiger partial charge in [-0.2, -0.15) is 0 Å². The summed E-state index contributed by atoms with van der Waals surface area (Å²) in [5.41, 5.74) is 0.792. The third-order valence-corrected chi connectivity index (χ3v) is 4.38. The topological polar surface area (TPSA) is 111 Å². The molecule has 0 fully saturated rings. The Bertz CT molecular complexity index is 1070. The molecule has 2 aromatic heterocycles. The number of aromatic nitrogens is 2. The quantitative estimate of drug-likeness (QED) is 0.396. The maximum Gasteiger partial charge on any atom is 0.345 e. The molecule has 0 saturated carbocycles. The van der Waals surface area contributed by atoms with Gasteiger partial charge in [0, 0.05) is 36.9 Å². The van der Waals surface area contributed by atoms with Gasteiger partial charge in [0.25, 0.3) is 0 Å². The van der Waals surface area contributed by atoms with Crippen molar-refractivity contribution in [2.45, 2.75) is 32.4 Å². The van der Waals surface area contributed by atoms with Gasteiger partial charge in [0.2, 0.25) is 0 Å². The molecule has 2 N–H and O–H groups in total. The monoisotopic (exact) mass is 471 g/mol. The molecule has 0 amide bonds. The number of rotatable bonds is 7.